The third-order valence-corrected chi connectivity index (χ3v) is 3.23. The Morgan fingerprint density at radius 1 is 1.29 bits per heavy atom. The van der Waals surface area contributed by atoms with Gasteiger partial charge in [-0.1, -0.05) is 18.2 Å². The molecule has 3 N–H and O–H groups in total. The first-order valence-electron chi connectivity index (χ1n) is 6.34. The van der Waals surface area contributed by atoms with Gasteiger partial charge >= 0.3 is 0 Å². The molecule has 0 aliphatic rings. The Kier molecular flexibility index (Phi) is 3.06. The van der Waals surface area contributed by atoms with Crippen LogP contribution in [-0.4, -0.2) is 15.7 Å². The number of fused-ring (bicyclic) bond motifs is 1. The fourth-order valence-electron chi connectivity index (χ4n) is 2.21. The Morgan fingerprint density at radius 3 is 2.81 bits per heavy atom. The lowest BCUT2D eigenvalue weighted by Gasteiger charge is -2.06. The third-order valence-electron chi connectivity index (χ3n) is 3.23. The average molecular weight is 284 g/mol. The number of anilines is 2. The number of hydrogen-bond donors (Lipinski definition) is 2. The van der Waals surface area contributed by atoms with Crippen LogP contribution in [-0.2, 0) is 7.05 Å². The summed E-state index contributed by atoms with van der Waals surface area (Å²) in [6, 6.07) is 11.2. The van der Waals surface area contributed by atoms with E-state index in [4.69, 9.17) is 5.73 Å². The summed E-state index contributed by atoms with van der Waals surface area (Å²) in [4.78, 5) is 12.3. The van der Waals surface area contributed by atoms with E-state index in [9.17, 15) is 9.18 Å². The number of nitrogens with one attached hydrogen (secondary N) is 1. The molecule has 0 unspecified atom stereocenters. The largest absolute Gasteiger partial charge is 0.397 e. The smallest absolute Gasteiger partial charge is 0.276 e. The van der Waals surface area contributed by atoms with Crippen LogP contribution in [0.1, 0.15) is 10.5 Å². The van der Waals surface area contributed by atoms with Crippen molar-refractivity contribution >= 4 is 28.2 Å². The zero-order valence-corrected chi connectivity index (χ0v) is 11.3. The Hall–Kier alpha value is -2.89. The Balaban J connectivity index is 1.98. The first-order chi connectivity index (χ1) is 10.1. The van der Waals surface area contributed by atoms with Crippen molar-refractivity contribution in [2.24, 2.45) is 7.05 Å². The minimum atomic E-state index is -0.450. The lowest BCUT2D eigenvalue weighted by atomic mass is 10.2. The highest BCUT2D eigenvalue weighted by atomic mass is 19.1. The monoisotopic (exact) mass is 284 g/mol. The van der Waals surface area contributed by atoms with E-state index in [0.29, 0.717) is 11.4 Å². The Bertz CT molecular complexity index is 841. The number of nitrogens with two attached hydrogens (primary N) is 1. The number of aromatic nitrogens is 2. The molecule has 0 aliphatic heterocycles. The highest BCUT2D eigenvalue weighted by Gasteiger charge is 2.16. The fourth-order valence-corrected chi connectivity index (χ4v) is 2.21. The molecule has 0 saturated carbocycles. The van der Waals surface area contributed by atoms with Crippen LogP contribution in [0.3, 0.4) is 0 Å². The van der Waals surface area contributed by atoms with Crippen molar-refractivity contribution in [1.82, 2.24) is 9.78 Å². The van der Waals surface area contributed by atoms with Crippen molar-refractivity contribution in [2.45, 2.75) is 0 Å². The zero-order valence-electron chi connectivity index (χ0n) is 11.3. The molecule has 1 amide bonds. The van der Waals surface area contributed by atoms with Gasteiger partial charge in [0.2, 0.25) is 0 Å². The van der Waals surface area contributed by atoms with Crippen molar-refractivity contribution in [3.63, 3.8) is 0 Å². The third kappa shape index (κ3) is 2.31. The van der Waals surface area contributed by atoms with Crippen LogP contribution < -0.4 is 11.1 Å². The van der Waals surface area contributed by atoms with Crippen molar-refractivity contribution in [2.75, 3.05) is 11.1 Å². The van der Waals surface area contributed by atoms with E-state index in [0.717, 1.165) is 17.0 Å². The number of nitrogen functional groups attached to an aromatic ring is 1. The van der Waals surface area contributed by atoms with Crippen LogP contribution in [0.4, 0.5) is 15.8 Å². The summed E-state index contributed by atoms with van der Waals surface area (Å²) in [5.41, 5.74) is 7.37. The highest BCUT2D eigenvalue weighted by Crippen LogP contribution is 2.22. The zero-order chi connectivity index (χ0) is 15.0. The van der Waals surface area contributed by atoms with E-state index in [1.54, 1.807) is 11.7 Å². The van der Waals surface area contributed by atoms with Gasteiger partial charge in [0.25, 0.3) is 5.91 Å². The van der Waals surface area contributed by atoms with Gasteiger partial charge in [0.15, 0.2) is 5.69 Å². The van der Waals surface area contributed by atoms with Crippen molar-refractivity contribution < 1.29 is 9.18 Å². The number of para-hydroxylation sites is 1. The molecule has 3 rings (SSSR count). The van der Waals surface area contributed by atoms with Gasteiger partial charge in [-0.25, -0.2) is 4.39 Å². The number of carbonyl (C=O) groups excluding carboxylic acids is 1. The lowest BCUT2D eigenvalue weighted by Crippen LogP contribution is -2.14. The van der Waals surface area contributed by atoms with Crippen LogP contribution in [0.25, 0.3) is 10.9 Å². The van der Waals surface area contributed by atoms with Gasteiger partial charge in [0, 0.05) is 12.4 Å². The molecular formula is C15H13FN4O. The highest BCUT2D eigenvalue weighted by molar-refractivity contribution is 6.12. The normalized spacial score (nSPS) is 10.8. The fraction of sp³-hybridized carbons (Fsp3) is 0.0667. The molecule has 106 valence electrons. The van der Waals surface area contributed by atoms with Gasteiger partial charge in [-0.3, -0.25) is 9.48 Å². The van der Waals surface area contributed by atoms with Crippen molar-refractivity contribution in [1.29, 1.82) is 0 Å². The summed E-state index contributed by atoms with van der Waals surface area (Å²) in [6.45, 7) is 0. The summed E-state index contributed by atoms with van der Waals surface area (Å²) in [5, 5.41) is 7.62. The van der Waals surface area contributed by atoms with Gasteiger partial charge < -0.3 is 11.1 Å². The van der Waals surface area contributed by atoms with Crippen LogP contribution in [0.5, 0.6) is 0 Å². The number of rotatable bonds is 2. The van der Waals surface area contributed by atoms with Crippen LogP contribution in [0.2, 0.25) is 0 Å². The van der Waals surface area contributed by atoms with E-state index in [1.165, 1.54) is 12.1 Å². The van der Waals surface area contributed by atoms with E-state index in [2.05, 4.69) is 10.4 Å². The second-order valence-electron chi connectivity index (χ2n) is 4.68. The molecule has 0 radical (unpaired) electrons. The number of benzene rings is 2. The predicted octanol–water partition coefficient (Wildman–Crippen LogP) is 2.55. The summed E-state index contributed by atoms with van der Waals surface area (Å²) in [5.74, 6) is -0.834. The summed E-state index contributed by atoms with van der Waals surface area (Å²) < 4.78 is 14.6. The molecule has 0 saturated heterocycles. The number of aryl methyl sites for hydroxylation is 1. The van der Waals surface area contributed by atoms with Gasteiger partial charge in [-0.05, 0) is 24.3 Å². The first-order valence-corrected chi connectivity index (χ1v) is 6.34. The summed E-state index contributed by atoms with van der Waals surface area (Å²) >= 11 is 0. The molecule has 0 bridgehead atoms. The van der Waals surface area contributed by atoms with E-state index < -0.39 is 5.82 Å². The number of amides is 1. The molecule has 0 aliphatic carbocycles. The Morgan fingerprint density at radius 2 is 2.05 bits per heavy atom. The molecule has 1 heterocycles. The van der Waals surface area contributed by atoms with Gasteiger partial charge in [-0.15, -0.1) is 0 Å². The predicted molar refractivity (Wildman–Crippen MR) is 79.5 cm³/mol. The minimum Gasteiger partial charge on any atom is -0.397 e. The Labute approximate surface area is 120 Å². The van der Waals surface area contributed by atoms with E-state index >= 15 is 0 Å². The quantitative estimate of drug-likeness (QED) is 0.710. The maximum absolute atomic E-state index is 13.0. The number of hydrogen-bond acceptors (Lipinski definition) is 3. The second-order valence-corrected chi connectivity index (χ2v) is 4.68. The maximum atomic E-state index is 13.0. The van der Waals surface area contributed by atoms with Crippen molar-refractivity contribution in [3.05, 3.63) is 54.0 Å². The molecule has 3 aromatic rings. The molecule has 0 atom stereocenters. The van der Waals surface area contributed by atoms with Gasteiger partial charge in [-0.2, -0.15) is 5.10 Å². The molecule has 0 fully saturated rings. The first kappa shape index (κ1) is 13.1. The van der Waals surface area contributed by atoms with E-state index in [1.807, 2.05) is 24.3 Å². The van der Waals surface area contributed by atoms with Crippen molar-refractivity contribution in [3.8, 4) is 0 Å². The molecule has 6 heteroatoms. The molecule has 5 nitrogen and oxygen atoms in total. The van der Waals surface area contributed by atoms with Crippen LogP contribution in [0, 0.1) is 5.82 Å². The van der Waals surface area contributed by atoms with Crippen LogP contribution in [0.15, 0.2) is 42.5 Å². The SMILES string of the molecule is Cn1nc(C(=O)Nc2ccc(F)cc2N)c2ccccc21. The van der Waals surface area contributed by atoms with Crippen LogP contribution >= 0.6 is 0 Å². The maximum Gasteiger partial charge on any atom is 0.276 e. The summed E-state index contributed by atoms with van der Waals surface area (Å²) in [7, 11) is 1.77. The molecule has 2 aromatic carbocycles. The van der Waals surface area contributed by atoms with Gasteiger partial charge in [0.1, 0.15) is 5.82 Å². The molecule has 0 spiro atoms. The second kappa shape index (κ2) is 4.90. The van der Waals surface area contributed by atoms with Gasteiger partial charge in [0.05, 0.1) is 16.9 Å². The minimum absolute atomic E-state index is 0.170. The number of nitrogens with zero attached hydrogens (tertiary/aromatic N) is 2. The average Bonchev–Trinajstić information content (AvgIpc) is 2.80. The molecule has 1 aromatic heterocycles. The standard InChI is InChI=1S/C15H13FN4O/c1-20-13-5-3-2-4-10(13)14(19-20)15(21)18-12-7-6-9(16)8-11(12)17/h2-8H,17H2,1H3,(H,18,21). The molecule has 21 heavy (non-hydrogen) atoms. The van der Waals surface area contributed by atoms with E-state index in [-0.39, 0.29) is 11.6 Å². The number of halogens is 1. The topological polar surface area (TPSA) is 72.9 Å². The molecular weight excluding hydrogens is 271 g/mol. The lowest BCUT2D eigenvalue weighted by molar-refractivity contribution is 0.102. The summed E-state index contributed by atoms with van der Waals surface area (Å²) in [6.07, 6.45) is 0. The number of carbonyl (C=O) groups is 1.